The molecule has 1 heterocycles. The van der Waals surface area contributed by atoms with Crippen LogP contribution < -0.4 is 4.74 Å². The van der Waals surface area contributed by atoms with Gasteiger partial charge in [-0.3, -0.25) is 0 Å². The van der Waals surface area contributed by atoms with E-state index in [9.17, 15) is 5.26 Å². The Bertz CT molecular complexity index is 923. The molecule has 1 saturated heterocycles. The predicted octanol–water partition coefficient (Wildman–Crippen LogP) is 5.60. The highest BCUT2D eigenvalue weighted by atomic mass is 16.5. The summed E-state index contributed by atoms with van der Waals surface area (Å²) in [5.41, 5.74) is 4.17. The molecule has 1 aliphatic heterocycles. The number of fused-ring (bicyclic) bond motifs is 2. The fourth-order valence-corrected chi connectivity index (χ4v) is 6.25. The average Bonchev–Trinajstić information content (AvgIpc) is 3.42. The molecular weight excluding hydrogens is 356 g/mol. The van der Waals surface area contributed by atoms with Crippen molar-refractivity contribution in [3.63, 3.8) is 0 Å². The van der Waals surface area contributed by atoms with Gasteiger partial charge in [-0.2, -0.15) is 5.26 Å². The highest BCUT2D eigenvalue weighted by molar-refractivity contribution is 5.72. The molecule has 2 bridgehead atoms. The predicted molar refractivity (Wildman–Crippen MR) is 116 cm³/mol. The van der Waals surface area contributed by atoms with Gasteiger partial charge in [0.1, 0.15) is 5.75 Å². The highest BCUT2D eigenvalue weighted by Gasteiger charge is 2.43. The lowest BCUT2D eigenvalue weighted by atomic mass is 9.85. The van der Waals surface area contributed by atoms with Crippen molar-refractivity contribution in [1.82, 2.24) is 4.90 Å². The Morgan fingerprint density at radius 3 is 2.52 bits per heavy atom. The Kier molecular flexibility index (Phi) is 5.06. The zero-order valence-corrected chi connectivity index (χ0v) is 17.3. The molecule has 2 aliphatic carbocycles. The van der Waals surface area contributed by atoms with Crippen LogP contribution >= 0.6 is 0 Å². The van der Waals surface area contributed by atoms with Crippen molar-refractivity contribution in [3.8, 4) is 22.9 Å². The molecule has 2 saturated carbocycles. The third kappa shape index (κ3) is 3.45. The molecule has 0 radical (unpaired) electrons. The maximum absolute atomic E-state index is 9.50. The first-order valence-electron chi connectivity index (χ1n) is 11.2. The van der Waals surface area contributed by atoms with Gasteiger partial charge in [-0.25, -0.2) is 0 Å². The Hall–Kier alpha value is -2.31. The SMILES string of the molecule is COc1ccc(-c2ccccc2C#N)cc1C1CCN([C@@H]2CC3CCC2C3)CC1. The first kappa shape index (κ1) is 18.7. The van der Waals surface area contributed by atoms with Crippen molar-refractivity contribution >= 4 is 0 Å². The second-order valence-corrected chi connectivity index (χ2v) is 9.17. The third-order valence-electron chi connectivity index (χ3n) is 7.73. The van der Waals surface area contributed by atoms with E-state index in [0.29, 0.717) is 5.92 Å². The topological polar surface area (TPSA) is 36.3 Å². The monoisotopic (exact) mass is 386 g/mol. The van der Waals surface area contributed by atoms with Crippen LogP contribution in [-0.2, 0) is 0 Å². The van der Waals surface area contributed by atoms with Crippen LogP contribution in [0.25, 0.3) is 11.1 Å². The van der Waals surface area contributed by atoms with Gasteiger partial charge in [-0.15, -0.1) is 0 Å². The van der Waals surface area contributed by atoms with E-state index in [0.717, 1.165) is 40.3 Å². The number of ether oxygens (including phenoxy) is 1. The van der Waals surface area contributed by atoms with E-state index in [2.05, 4.69) is 29.2 Å². The Morgan fingerprint density at radius 2 is 1.83 bits per heavy atom. The lowest BCUT2D eigenvalue weighted by Crippen LogP contribution is -2.43. The molecule has 0 spiro atoms. The van der Waals surface area contributed by atoms with E-state index < -0.39 is 0 Å². The molecule has 3 atom stereocenters. The first-order valence-corrected chi connectivity index (χ1v) is 11.2. The number of hydrogen-bond acceptors (Lipinski definition) is 3. The molecular formula is C26H30N2O. The number of methoxy groups -OCH3 is 1. The summed E-state index contributed by atoms with van der Waals surface area (Å²) >= 11 is 0. The maximum Gasteiger partial charge on any atom is 0.122 e. The summed E-state index contributed by atoms with van der Waals surface area (Å²) in [5.74, 6) is 3.51. The summed E-state index contributed by atoms with van der Waals surface area (Å²) in [6, 6.07) is 17.5. The van der Waals surface area contributed by atoms with E-state index in [1.165, 1.54) is 57.2 Å². The lowest BCUT2D eigenvalue weighted by molar-refractivity contribution is 0.110. The normalized spacial score (nSPS) is 27.1. The average molecular weight is 387 g/mol. The summed E-state index contributed by atoms with van der Waals surface area (Å²) < 4.78 is 5.73. The number of nitrogens with zero attached hydrogens (tertiary/aromatic N) is 2. The van der Waals surface area contributed by atoms with Gasteiger partial charge in [0.2, 0.25) is 0 Å². The summed E-state index contributed by atoms with van der Waals surface area (Å²) in [6.45, 7) is 2.42. The minimum absolute atomic E-state index is 0.536. The summed E-state index contributed by atoms with van der Waals surface area (Å²) in [6.07, 6.45) is 8.27. The Morgan fingerprint density at radius 1 is 1.00 bits per heavy atom. The highest BCUT2D eigenvalue weighted by Crippen LogP contribution is 2.48. The van der Waals surface area contributed by atoms with Crippen LogP contribution in [0.4, 0.5) is 0 Å². The van der Waals surface area contributed by atoms with Gasteiger partial charge in [-0.05, 0) is 97.8 Å². The van der Waals surface area contributed by atoms with Crippen LogP contribution in [-0.4, -0.2) is 31.1 Å². The number of piperidine rings is 1. The zero-order valence-electron chi connectivity index (χ0n) is 17.3. The van der Waals surface area contributed by atoms with Crippen molar-refractivity contribution < 1.29 is 4.74 Å². The van der Waals surface area contributed by atoms with E-state index in [-0.39, 0.29) is 0 Å². The minimum atomic E-state index is 0.536. The largest absolute Gasteiger partial charge is 0.496 e. The van der Waals surface area contributed by atoms with Crippen LogP contribution in [0, 0.1) is 23.2 Å². The molecule has 0 N–H and O–H groups in total. The van der Waals surface area contributed by atoms with E-state index in [1.54, 1.807) is 7.11 Å². The second-order valence-electron chi connectivity index (χ2n) is 9.17. The van der Waals surface area contributed by atoms with Gasteiger partial charge in [0.05, 0.1) is 18.7 Å². The van der Waals surface area contributed by atoms with E-state index in [1.807, 2.05) is 24.3 Å². The van der Waals surface area contributed by atoms with Crippen molar-refractivity contribution in [2.75, 3.05) is 20.2 Å². The van der Waals surface area contributed by atoms with Gasteiger partial charge < -0.3 is 9.64 Å². The van der Waals surface area contributed by atoms with Gasteiger partial charge in [0, 0.05) is 6.04 Å². The molecule has 3 aliphatic rings. The van der Waals surface area contributed by atoms with Gasteiger partial charge in [0.15, 0.2) is 0 Å². The van der Waals surface area contributed by atoms with Crippen molar-refractivity contribution in [2.45, 2.75) is 50.5 Å². The van der Waals surface area contributed by atoms with Gasteiger partial charge in [-0.1, -0.05) is 30.7 Å². The molecule has 2 aromatic rings. The molecule has 3 heteroatoms. The van der Waals surface area contributed by atoms with E-state index >= 15 is 0 Å². The second kappa shape index (κ2) is 7.84. The first-order chi connectivity index (χ1) is 14.3. The molecule has 29 heavy (non-hydrogen) atoms. The van der Waals surface area contributed by atoms with Gasteiger partial charge in [0.25, 0.3) is 0 Å². The third-order valence-corrected chi connectivity index (χ3v) is 7.73. The maximum atomic E-state index is 9.50. The van der Waals surface area contributed by atoms with Crippen molar-refractivity contribution in [1.29, 1.82) is 5.26 Å². The van der Waals surface area contributed by atoms with E-state index in [4.69, 9.17) is 4.74 Å². The molecule has 0 aromatic heterocycles. The van der Waals surface area contributed by atoms with Crippen molar-refractivity contribution in [3.05, 3.63) is 53.6 Å². The summed E-state index contributed by atoms with van der Waals surface area (Å²) in [5, 5.41) is 9.50. The molecule has 150 valence electrons. The number of rotatable bonds is 4. The quantitative estimate of drug-likeness (QED) is 0.686. The van der Waals surface area contributed by atoms with Crippen LogP contribution in [0.3, 0.4) is 0 Å². The fraction of sp³-hybridized carbons (Fsp3) is 0.500. The van der Waals surface area contributed by atoms with Gasteiger partial charge >= 0.3 is 0 Å². The molecule has 2 aromatic carbocycles. The molecule has 5 rings (SSSR count). The van der Waals surface area contributed by atoms with Crippen LogP contribution in [0.2, 0.25) is 0 Å². The fourth-order valence-electron chi connectivity index (χ4n) is 6.25. The smallest absolute Gasteiger partial charge is 0.122 e. The number of hydrogen-bond donors (Lipinski definition) is 0. The Balaban J connectivity index is 1.36. The van der Waals surface area contributed by atoms with Crippen molar-refractivity contribution in [2.24, 2.45) is 11.8 Å². The standard InChI is InChI=1S/C26H30N2O/c1-29-26-9-8-20(23-5-3-2-4-22(23)17-27)16-24(26)19-10-12-28(13-11-19)25-15-18-6-7-21(25)14-18/h2-5,8-9,16,18-19,21,25H,6-7,10-15H2,1H3/t18?,21?,25-/m1/s1. The number of benzene rings is 2. The zero-order chi connectivity index (χ0) is 19.8. The minimum Gasteiger partial charge on any atom is -0.496 e. The summed E-state index contributed by atoms with van der Waals surface area (Å²) in [4.78, 5) is 2.79. The number of nitriles is 1. The lowest BCUT2D eigenvalue weighted by Gasteiger charge is -2.40. The molecule has 3 fully saturated rings. The van der Waals surface area contributed by atoms with Crippen LogP contribution in [0.5, 0.6) is 5.75 Å². The summed E-state index contributed by atoms with van der Waals surface area (Å²) in [7, 11) is 1.77. The molecule has 3 nitrogen and oxygen atoms in total. The molecule has 0 amide bonds. The Labute approximate surface area is 174 Å². The number of likely N-dealkylation sites (tertiary alicyclic amines) is 1. The van der Waals surface area contributed by atoms with Crippen LogP contribution in [0.1, 0.15) is 55.6 Å². The van der Waals surface area contributed by atoms with Crippen LogP contribution in [0.15, 0.2) is 42.5 Å². The molecule has 2 unspecified atom stereocenters.